The summed E-state index contributed by atoms with van der Waals surface area (Å²) in [4.78, 5) is 11.4. The van der Waals surface area contributed by atoms with Gasteiger partial charge in [0, 0.05) is 17.5 Å². The van der Waals surface area contributed by atoms with Crippen molar-refractivity contribution in [2.24, 2.45) is 0 Å². The highest BCUT2D eigenvalue weighted by molar-refractivity contribution is 9.10. The molecule has 88 valence electrons. The second-order valence-corrected chi connectivity index (χ2v) is 4.42. The predicted octanol–water partition coefficient (Wildman–Crippen LogP) is 3.13. The van der Waals surface area contributed by atoms with Gasteiger partial charge >= 0.3 is 0 Å². The smallest absolute Gasteiger partial charge is 0.162 e. The molecule has 0 heterocycles. The van der Waals surface area contributed by atoms with Crippen molar-refractivity contribution < 1.29 is 13.9 Å². The number of rotatable bonds is 6. The molecule has 0 amide bonds. The van der Waals surface area contributed by atoms with Gasteiger partial charge in [0.2, 0.25) is 0 Å². The van der Waals surface area contributed by atoms with Crippen LogP contribution in [0.1, 0.15) is 18.9 Å². The van der Waals surface area contributed by atoms with E-state index in [9.17, 15) is 9.18 Å². The maximum atomic E-state index is 13.4. The number of halogens is 2. The quantitative estimate of drug-likeness (QED) is 0.752. The molecule has 0 atom stereocenters. The van der Waals surface area contributed by atoms with Crippen molar-refractivity contribution in [3.05, 3.63) is 34.1 Å². The maximum absolute atomic E-state index is 13.4. The number of benzene rings is 1. The molecule has 0 aliphatic carbocycles. The summed E-state index contributed by atoms with van der Waals surface area (Å²) in [6.45, 7) is 2.59. The van der Waals surface area contributed by atoms with E-state index < -0.39 is 0 Å². The number of Topliss-reactive ketones (excluding diaryl/α,β-unsaturated/α-hetero) is 1. The highest BCUT2D eigenvalue weighted by Crippen LogP contribution is 2.15. The predicted molar refractivity (Wildman–Crippen MR) is 63.9 cm³/mol. The lowest BCUT2D eigenvalue weighted by molar-refractivity contribution is -0.122. The molecule has 0 saturated heterocycles. The minimum Gasteiger partial charge on any atom is -0.374 e. The first-order chi connectivity index (χ1) is 7.63. The summed E-state index contributed by atoms with van der Waals surface area (Å²) < 4.78 is 19.1. The van der Waals surface area contributed by atoms with E-state index in [1.54, 1.807) is 12.1 Å². The minimum absolute atomic E-state index is 0.0589. The van der Waals surface area contributed by atoms with Crippen LogP contribution < -0.4 is 0 Å². The summed E-state index contributed by atoms with van der Waals surface area (Å²) in [6, 6.07) is 4.69. The van der Waals surface area contributed by atoms with Crippen LogP contribution in [0.4, 0.5) is 4.39 Å². The maximum Gasteiger partial charge on any atom is 0.162 e. The molecule has 0 aliphatic rings. The fourth-order valence-electron chi connectivity index (χ4n) is 1.26. The lowest BCUT2D eigenvalue weighted by Gasteiger charge is -2.04. The third kappa shape index (κ3) is 4.41. The SMILES string of the molecule is CCCOCC(=O)Cc1ccc(Br)cc1F. The lowest BCUT2D eigenvalue weighted by Crippen LogP contribution is -2.12. The van der Waals surface area contributed by atoms with Crippen molar-refractivity contribution in [3.63, 3.8) is 0 Å². The molecule has 0 radical (unpaired) electrons. The van der Waals surface area contributed by atoms with Crippen LogP contribution in [0, 0.1) is 5.82 Å². The van der Waals surface area contributed by atoms with Crippen molar-refractivity contribution in [3.8, 4) is 0 Å². The number of ketones is 1. The largest absolute Gasteiger partial charge is 0.374 e. The first-order valence-corrected chi connectivity index (χ1v) is 5.96. The second-order valence-electron chi connectivity index (χ2n) is 3.50. The number of carbonyl (C=O) groups excluding carboxylic acids is 1. The molecule has 0 aromatic heterocycles. The molecular formula is C12H14BrFO2. The Bertz CT molecular complexity index is 366. The third-order valence-corrected chi connectivity index (χ3v) is 2.51. The van der Waals surface area contributed by atoms with Crippen molar-refractivity contribution in [1.82, 2.24) is 0 Å². The van der Waals surface area contributed by atoms with E-state index in [2.05, 4.69) is 15.9 Å². The van der Waals surface area contributed by atoms with Crippen LogP contribution in [0.2, 0.25) is 0 Å². The van der Waals surface area contributed by atoms with Gasteiger partial charge in [-0.15, -0.1) is 0 Å². The van der Waals surface area contributed by atoms with E-state index >= 15 is 0 Å². The van der Waals surface area contributed by atoms with Crippen molar-refractivity contribution in [2.45, 2.75) is 19.8 Å². The normalized spacial score (nSPS) is 10.4. The Balaban J connectivity index is 2.49. The molecule has 0 spiro atoms. The van der Waals surface area contributed by atoms with Gasteiger partial charge in [-0.1, -0.05) is 28.9 Å². The van der Waals surface area contributed by atoms with Gasteiger partial charge in [-0.3, -0.25) is 4.79 Å². The van der Waals surface area contributed by atoms with Gasteiger partial charge in [0.05, 0.1) is 0 Å². The van der Waals surface area contributed by atoms with Gasteiger partial charge in [0.25, 0.3) is 0 Å². The standard InChI is InChI=1S/C12H14BrFO2/c1-2-5-16-8-11(15)6-9-3-4-10(13)7-12(9)14/h3-4,7H,2,5-6,8H2,1H3. The van der Waals surface area contributed by atoms with Crippen molar-refractivity contribution >= 4 is 21.7 Å². The van der Waals surface area contributed by atoms with Gasteiger partial charge < -0.3 is 4.74 Å². The van der Waals surface area contributed by atoms with E-state index in [0.717, 1.165) is 6.42 Å². The Hall–Kier alpha value is -0.740. The molecule has 1 aromatic rings. The molecule has 2 nitrogen and oxygen atoms in total. The van der Waals surface area contributed by atoms with Crippen LogP contribution in [-0.4, -0.2) is 19.0 Å². The van der Waals surface area contributed by atoms with E-state index in [1.165, 1.54) is 6.07 Å². The van der Waals surface area contributed by atoms with Crippen LogP contribution in [0.15, 0.2) is 22.7 Å². The molecule has 0 N–H and O–H groups in total. The van der Waals surface area contributed by atoms with Crippen LogP contribution in [0.25, 0.3) is 0 Å². The Morgan fingerprint density at radius 3 is 2.88 bits per heavy atom. The van der Waals surface area contributed by atoms with Crippen LogP contribution in [0.5, 0.6) is 0 Å². The fourth-order valence-corrected chi connectivity index (χ4v) is 1.59. The molecule has 1 rings (SSSR count). The highest BCUT2D eigenvalue weighted by atomic mass is 79.9. The zero-order chi connectivity index (χ0) is 12.0. The van der Waals surface area contributed by atoms with E-state index in [4.69, 9.17) is 4.74 Å². The molecule has 0 aliphatic heterocycles. The van der Waals surface area contributed by atoms with E-state index in [0.29, 0.717) is 16.6 Å². The van der Waals surface area contributed by atoms with Crippen LogP contribution in [-0.2, 0) is 16.0 Å². The van der Waals surface area contributed by atoms with Crippen molar-refractivity contribution in [1.29, 1.82) is 0 Å². The number of ether oxygens (including phenoxy) is 1. The Morgan fingerprint density at radius 2 is 2.25 bits per heavy atom. The summed E-state index contributed by atoms with van der Waals surface area (Å²) >= 11 is 3.16. The first-order valence-electron chi connectivity index (χ1n) is 5.17. The van der Waals surface area contributed by atoms with Gasteiger partial charge in [0.15, 0.2) is 5.78 Å². The Kier molecular flexibility index (Phi) is 5.63. The molecule has 0 saturated carbocycles. The molecule has 4 heteroatoms. The Morgan fingerprint density at radius 1 is 1.50 bits per heavy atom. The average Bonchev–Trinajstić information content (AvgIpc) is 2.23. The van der Waals surface area contributed by atoms with Gasteiger partial charge in [-0.05, 0) is 24.1 Å². The van der Waals surface area contributed by atoms with Gasteiger partial charge in [0.1, 0.15) is 12.4 Å². The summed E-state index contributed by atoms with van der Waals surface area (Å²) in [6.07, 6.45) is 0.961. The topological polar surface area (TPSA) is 26.3 Å². The zero-order valence-corrected chi connectivity index (χ0v) is 10.7. The second kappa shape index (κ2) is 6.76. The van der Waals surface area contributed by atoms with Gasteiger partial charge in [-0.2, -0.15) is 0 Å². The monoisotopic (exact) mass is 288 g/mol. The fraction of sp³-hybridized carbons (Fsp3) is 0.417. The average molecular weight is 289 g/mol. The van der Waals surface area contributed by atoms with E-state index in [-0.39, 0.29) is 24.6 Å². The molecular weight excluding hydrogens is 275 g/mol. The summed E-state index contributed by atoms with van der Waals surface area (Å²) in [5, 5.41) is 0. The summed E-state index contributed by atoms with van der Waals surface area (Å²) in [5.41, 5.74) is 0.410. The number of carbonyl (C=O) groups is 1. The number of hydrogen-bond acceptors (Lipinski definition) is 2. The summed E-state index contributed by atoms with van der Waals surface area (Å²) in [7, 11) is 0. The first kappa shape index (κ1) is 13.3. The zero-order valence-electron chi connectivity index (χ0n) is 9.13. The Labute approximate surface area is 103 Å². The molecule has 0 fully saturated rings. The minimum atomic E-state index is -0.363. The highest BCUT2D eigenvalue weighted by Gasteiger charge is 2.08. The lowest BCUT2D eigenvalue weighted by atomic mass is 10.1. The van der Waals surface area contributed by atoms with Gasteiger partial charge in [-0.25, -0.2) is 4.39 Å². The molecule has 1 aromatic carbocycles. The summed E-state index contributed by atoms with van der Waals surface area (Å²) in [5.74, 6) is -0.465. The van der Waals surface area contributed by atoms with Crippen LogP contribution >= 0.6 is 15.9 Å². The number of hydrogen-bond donors (Lipinski definition) is 0. The molecule has 16 heavy (non-hydrogen) atoms. The van der Waals surface area contributed by atoms with Crippen LogP contribution in [0.3, 0.4) is 0 Å². The van der Waals surface area contributed by atoms with Crippen molar-refractivity contribution in [2.75, 3.05) is 13.2 Å². The third-order valence-electron chi connectivity index (χ3n) is 2.01. The molecule has 0 unspecified atom stereocenters. The molecule has 0 bridgehead atoms. The van der Waals surface area contributed by atoms with E-state index in [1.807, 2.05) is 6.92 Å².